The Labute approximate surface area is 190 Å². The fraction of sp³-hybridized carbons (Fsp3) is 0.261. The predicted molar refractivity (Wildman–Crippen MR) is 122 cm³/mol. The summed E-state index contributed by atoms with van der Waals surface area (Å²) < 4.78 is 10.7. The van der Waals surface area contributed by atoms with E-state index in [9.17, 15) is 9.59 Å². The summed E-state index contributed by atoms with van der Waals surface area (Å²) >= 11 is 0. The van der Waals surface area contributed by atoms with E-state index < -0.39 is 11.9 Å². The fourth-order valence-electron chi connectivity index (χ4n) is 3.60. The van der Waals surface area contributed by atoms with Crippen molar-refractivity contribution in [2.75, 3.05) is 29.6 Å². The summed E-state index contributed by atoms with van der Waals surface area (Å²) in [5.74, 6) is -0.256. The van der Waals surface area contributed by atoms with Crippen LogP contribution in [0.3, 0.4) is 0 Å². The molecule has 33 heavy (non-hydrogen) atoms. The fourth-order valence-corrected chi connectivity index (χ4v) is 3.60. The maximum atomic E-state index is 12.7. The number of hydrogen-bond donors (Lipinski definition) is 2. The van der Waals surface area contributed by atoms with E-state index in [-0.39, 0.29) is 43.2 Å². The van der Waals surface area contributed by atoms with Crippen LogP contribution in [0.4, 0.5) is 23.3 Å². The van der Waals surface area contributed by atoms with Gasteiger partial charge >= 0.3 is 5.97 Å². The second-order valence-electron chi connectivity index (χ2n) is 7.56. The number of rotatable bonds is 7. The molecule has 10 heteroatoms. The average Bonchev–Trinajstić information content (AvgIpc) is 3.20. The van der Waals surface area contributed by atoms with Crippen molar-refractivity contribution in [3.05, 3.63) is 59.9 Å². The molecule has 10 nitrogen and oxygen atoms in total. The van der Waals surface area contributed by atoms with E-state index in [2.05, 4.69) is 20.3 Å². The van der Waals surface area contributed by atoms with Crippen LogP contribution in [0.15, 0.2) is 48.5 Å². The Bertz CT molecular complexity index is 1190. The van der Waals surface area contributed by atoms with Gasteiger partial charge < -0.3 is 25.4 Å². The quantitative estimate of drug-likeness (QED) is 0.523. The summed E-state index contributed by atoms with van der Waals surface area (Å²) in [5, 5.41) is 3.09. The number of esters is 1. The van der Waals surface area contributed by atoms with Crippen molar-refractivity contribution in [2.45, 2.75) is 20.0 Å². The van der Waals surface area contributed by atoms with Gasteiger partial charge in [-0.2, -0.15) is 15.0 Å². The molecule has 3 aromatic rings. The number of amides is 1. The van der Waals surface area contributed by atoms with Gasteiger partial charge in [-0.05, 0) is 30.7 Å². The summed E-state index contributed by atoms with van der Waals surface area (Å²) in [7, 11) is 1.54. The summed E-state index contributed by atoms with van der Waals surface area (Å²) in [6.07, 6.45) is 0.0519. The van der Waals surface area contributed by atoms with E-state index in [1.54, 1.807) is 12.1 Å². The third kappa shape index (κ3) is 5.00. The second kappa shape index (κ2) is 9.51. The number of para-hydroxylation sites is 3. The number of aryl methyl sites for hydroxylation is 1. The molecule has 1 atom stereocenters. The van der Waals surface area contributed by atoms with Gasteiger partial charge in [-0.15, -0.1) is 0 Å². The highest BCUT2D eigenvalue weighted by molar-refractivity contribution is 6.00. The number of carbonyl (C=O) groups is 2. The van der Waals surface area contributed by atoms with Crippen LogP contribution in [0, 0.1) is 12.8 Å². The minimum atomic E-state index is -0.605. The van der Waals surface area contributed by atoms with Crippen LogP contribution in [0.25, 0.3) is 0 Å². The van der Waals surface area contributed by atoms with Gasteiger partial charge in [0, 0.05) is 18.7 Å². The highest BCUT2D eigenvalue weighted by Crippen LogP contribution is 2.33. The van der Waals surface area contributed by atoms with Gasteiger partial charge in [-0.25, -0.2) is 0 Å². The number of anilines is 4. The summed E-state index contributed by atoms with van der Waals surface area (Å²) in [5.41, 5.74) is 8.26. The van der Waals surface area contributed by atoms with Crippen molar-refractivity contribution in [1.29, 1.82) is 0 Å². The van der Waals surface area contributed by atoms with Crippen LogP contribution < -0.4 is 20.7 Å². The number of hydrogen-bond acceptors (Lipinski definition) is 9. The number of aromatic nitrogens is 3. The van der Waals surface area contributed by atoms with Crippen molar-refractivity contribution in [2.24, 2.45) is 5.92 Å². The lowest BCUT2D eigenvalue weighted by Crippen LogP contribution is -2.27. The van der Waals surface area contributed by atoms with Gasteiger partial charge in [0.05, 0.1) is 18.7 Å². The molecule has 1 fully saturated rings. The average molecular weight is 448 g/mol. The standard InChI is InChI=1S/C23H24N6O4/c1-14-7-3-4-8-16(14)25-23-27-19(26-22(24)28-23)13-33-21(31)15-11-20(30)29(12-15)17-9-5-6-10-18(17)32-2/h3-10,15H,11-13H2,1-2H3,(H3,24,25,26,27,28)/t15-/m0/s1. The van der Waals surface area contributed by atoms with Gasteiger partial charge in [-0.3, -0.25) is 9.59 Å². The Balaban J connectivity index is 1.40. The first-order chi connectivity index (χ1) is 15.9. The van der Waals surface area contributed by atoms with Crippen molar-refractivity contribution in [3.63, 3.8) is 0 Å². The van der Waals surface area contributed by atoms with Gasteiger partial charge in [0.2, 0.25) is 17.8 Å². The number of nitrogen functional groups attached to an aromatic ring is 1. The van der Waals surface area contributed by atoms with Crippen LogP contribution >= 0.6 is 0 Å². The predicted octanol–water partition coefficient (Wildman–Crippen LogP) is 2.61. The number of nitrogens with two attached hydrogens (primary N) is 1. The first-order valence-corrected chi connectivity index (χ1v) is 10.4. The number of methoxy groups -OCH3 is 1. The van der Waals surface area contributed by atoms with E-state index >= 15 is 0 Å². The lowest BCUT2D eigenvalue weighted by atomic mass is 10.1. The molecule has 2 heterocycles. The van der Waals surface area contributed by atoms with E-state index in [0.29, 0.717) is 11.4 Å². The maximum absolute atomic E-state index is 12.7. The third-order valence-corrected chi connectivity index (χ3v) is 5.27. The number of nitrogens with one attached hydrogen (secondary N) is 1. The number of nitrogens with zero attached hydrogens (tertiary/aromatic N) is 4. The molecule has 4 rings (SSSR count). The van der Waals surface area contributed by atoms with Crippen molar-refractivity contribution in [1.82, 2.24) is 15.0 Å². The topological polar surface area (TPSA) is 133 Å². The third-order valence-electron chi connectivity index (χ3n) is 5.27. The lowest BCUT2D eigenvalue weighted by Gasteiger charge is -2.19. The molecule has 1 aliphatic heterocycles. The Morgan fingerprint density at radius 2 is 1.91 bits per heavy atom. The van der Waals surface area contributed by atoms with E-state index in [1.165, 1.54) is 12.0 Å². The molecule has 1 saturated heterocycles. The lowest BCUT2D eigenvalue weighted by molar-refractivity contribution is -0.149. The molecule has 0 bridgehead atoms. The summed E-state index contributed by atoms with van der Waals surface area (Å²) in [6, 6.07) is 14.8. The van der Waals surface area contributed by atoms with Gasteiger partial charge in [-0.1, -0.05) is 30.3 Å². The molecular weight excluding hydrogens is 424 g/mol. The SMILES string of the molecule is COc1ccccc1N1C[C@@H](C(=O)OCc2nc(N)nc(Nc3ccccc3C)n2)CC1=O. The van der Waals surface area contributed by atoms with Crippen molar-refractivity contribution in [3.8, 4) is 5.75 Å². The smallest absolute Gasteiger partial charge is 0.311 e. The molecule has 0 spiro atoms. The molecule has 0 radical (unpaired) electrons. The Kier molecular flexibility index (Phi) is 6.34. The van der Waals surface area contributed by atoms with Gasteiger partial charge in [0.15, 0.2) is 12.4 Å². The molecule has 0 unspecified atom stereocenters. The van der Waals surface area contributed by atoms with Crippen LogP contribution in [-0.2, 0) is 20.9 Å². The molecule has 1 aliphatic rings. The number of benzene rings is 2. The second-order valence-corrected chi connectivity index (χ2v) is 7.56. The minimum Gasteiger partial charge on any atom is -0.495 e. The molecule has 170 valence electrons. The number of carbonyl (C=O) groups excluding carboxylic acids is 2. The zero-order valence-electron chi connectivity index (χ0n) is 18.3. The normalized spacial score (nSPS) is 15.4. The zero-order valence-corrected chi connectivity index (χ0v) is 18.3. The molecule has 1 aromatic heterocycles. The summed E-state index contributed by atoms with van der Waals surface area (Å²) in [6.45, 7) is 1.97. The Hall–Kier alpha value is -4.21. The maximum Gasteiger partial charge on any atom is 0.311 e. The first-order valence-electron chi connectivity index (χ1n) is 10.4. The van der Waals surface area contributed by atoms with Gasteiger partial charge in [0.25, 0.3) is 0 Å². The van der Waals surface area contributed by atoms with Gasteiger partial charge in [0.1, 0.15) is 5.75 Å². The first kappa shape index (κ1) is 22.0. The van der Waals surface area contributed by atoms with E-state index in [0.717, 1.165) is 11.3 Å². The highest BCUT2D eigenvalue weighted by atomic mass is 16.5. The van der Waals surface area contributed by atoms with Crippen LogP contribution in [0.5, 0.6) is 5.75 Å². The monoisotopic (exact) mass is 448 g/mol. The molecule has 1 amide bonds. The Morgan fingerprint density at radius 3 is 2.70 bits per heavy atom. The molecule has 3 N–H and O–H groups in total. The minimum absolute atomic E-state index is 0.00512. The molecule has 2 aromatic carbocycles. The molecular formula is C23H24N6O4. The molecule has 0 saturated carbocycles. The zero-order chi connectivity index (χ0) is 23.4. The van der Waals surface area contributed by atoms with E-state index in [4.69, 9.17) is 15.2 Å². The van der Waals surface area contributed by atoms with Crippen LogP contribution in [0.1, 0.15) is 17.8 Å². The highest BCUT2D eigenvalue weighted by Gasteiger charge is 2.37. The van der Waals surface area contributed by atoms with E-state index in [1.807, 2.05) is 43.3 Å². The van der Waals surface area contributed by atoms with Crippen LogP contribution in [-0.4, -0.2) is 40.5 Å². The molecule has 0 aliphatic carbocycles. The Morgan fingerprint density at radius 1 is 1.15 bits per heavy atom. The summed E-state index contributed by atoms with van der Waals surface area (Å²) in [4.78, 5) is 39.1. The van der Waals surface area contributed by atoms with Crippen molar-refractivity contribution >= 4 is 35.1 Å². The number of ether oxygens (including phenoxy) is 2. The van der Waals surface area contributed by atoms with Crippen molar-refractivity contribution < 1.29 is 19.1 Å². The van der Waals surface area contributed by atoms with Crippen LogP contribution in [0.2, 0.25) is 0 Å². The largest absolute Gasteiger partial charge is 0.495 e.